The zero-order chi connectivity index (χ0) is 16.2. The molecule has 0 bridgehead atoms. The summed E-state index contributed by atoms with van der Waals surface area (Å²) in [6.45, 7) is 11.9. The Morgan fingerprint density at radius 3 is 2.19 bits per heavy atom. The first-order chi connectivity index (χ1) is 9.46. The van der Waals surface area contributed by atoms with Crippen molar-refractivity contribution in [2.24, 2.45) is 10.8 Å². The molecule has 0 atom stereocenters. The molecule has 0 unspecified atom stereocenters. The average molecular weight is 315 g/mol. The molecule has 0 amide bonds. The van der Waals surface area contributed by atoms with E-state index in [2.05, 4.69) is 37.5 Å². The molecule has 1 aromatic rings. The van der Waals surface area contributed by atoms with Crippen molar-refractivity contribution >= 4 is 10.0 Å². The molecule has 1 heterocycles. The maximum atomic E-state index is 12.7. The predicted molar refractivity (Wildman–Crippen MR) is 80.5 cm³/mol. The highest BCUT2D eigenvalue weighted by Crippen LogP contribution is 2.63. The van der Waals surface area contributed by atoms with Gasteiger partial charge in [0.25, 0.3) is 0 Å². The van der Waals surface area contributed by atoms with Crippen LogP contribution in [0.5, 0.6) is 0 Å². The Balaban J connectivity index is 2.34. The van der Waals surface area contributed by atoms with Crippen molar-refractivity contribution in [2.45, 2.75) is 59.0 Å². The van der Waals surface area contributed by atoms with Crippen molar-refractivity contribution in [3.63, 3.8) is 0 Å². The number of hydrogen-bond donors (Lipinski definition) is 2. The summed E-state index contributed by atoms with van der Waals surface area (Å²) in [6, 6.07) is -0.0880. The van der Waals surface area contributed by atoms with Gasteiger partial charge in [-0.05, 0) is 24.7 Å². The quantitative estimate of drug-likeness (QED) is 0.855. The summed E-state index contributed by atoms with van der Waals surface area (Å²) < 4.78 is 29.7. The van der Waals surface area contributed by atoms with Crippen LogP contribution in [0.3, 0.4) is 0 Å². The number of aliphatic hydroxyl groups excluding tert-OH is 1. The Morgan fingerprint density at radius 2 is 1.76 bits per heavy atom. The Morgan fingerprint density at radius 1 is 1.24 bits per heavy atom. The van der Waals surface area contributed by atoms with Crippen molar-refractivity contribution in [1.29, 1.82) is 0 Å². The van der Waals surface area contributed by atoms with Crippen LogP contribution in [0.15, 0.2) is 4.90 Å². The molecule has 120 valence electrons. The topological polar surface area (TPSA) is 84.2 Å². The van der Waals surface area contributed by atoms with Gasteiger partial charge in [0, 0.05) is 6.04 Å². The van der Waals surface area contributed by atoms with Gasteiger partial charge in [-0.1, -0.05) is 27.7 Å². The van der Waals surface area contributed by atoms with E-state index in [9.17, 15) is 8.42 Å². The van der Waals surface area contributed by atoms with E-state index in [0.717, 1.165) is 0 Å². The molecule has 0 spiro atoms. The molecule has 0 radical (unpaired) electrons. The number of aromatic nitrogens is 2. The molecule has 7 heteroatoms. The summed E-state index contributed by atoms with van der Waals surface area (Å²) in [5, 5.41) is 13.2. The minimum atomic E-state index is -3.61. The summed E-state index contributed by atoms with van der Waals surface area (Å²) in [4.78, 5) is 0.231. The Labute approximate surface area is 126 Å². The molecule has 1 fully saturated rings. The average Bonchev–Trinajstić information content (AvgIpc) is 2.61. The fraction of sp³-hybridized carbons (Fsp3) is 0.786. The van der Waals surface area contributed by atoms with E-state index in [1.165, 1.54) is 4.68 Å². The van der Waals surface area contributed by atoms with E-state index >= 15 is 0 Å². The standard InChI is InChI=1S/C14H25N3O3S/c1-9-11(10(2)17(15-9)7-8-18)21(19,20)16-12-13(3,4)14(12,5)6/h12,16,18H,7-8H2,1-6H3. The number of sulfonamides is 1. The van der Waals surface area contributed by atoms with Crippen molar-refractivity contribution in [3.8, 4) is 0 Å². The van der Waals surface area contributed by atoms with Crippen LogP contribution in [-0.2, 0) is 16.6 Å². The van der Waals surface area contributed by atoms with Gasteiger partial charge in [-0.25, -0.2) is 13.1 Å². The van der Waals surface area contributed by atoms with E-state index in [0.29, 0.717) is 17.9 Å². The second-order valence-electron chi connectivity index (χ2n) is 6.94. The second-order valence-corrected chi connectivity index (χ2v) is 8.60. The highest BCUT2D eigenvalue weighted by Gasteiger charge is 2.66. The maximum Gasteiger partial charge on any atom is 0.244 e. The molecule has 1 aliphatic rings. The number of rotatable bonds is 5. The summed E-state index contributed by atoms with van der Waals surface area (Å²) in [5.41, 5.74) is 0.890. The summed E-state index contributed by atoms with van der Waals surface area (Å²) in [7, 11) is -3.61. The number of nitrogens with one attached hydrogen (secondary N) is 1. The smallest absolute Gasteiger partial charge is 0.244 e. The first kappa shape index (κ1) is 16.5. The lowest BCUT2D eigenvalue weighted by atomic mass is 10.0. The van der Waals surface area contributed by atoms with Crippen molar-refractivity contribution in [2.75, 3.05) is 6.61 Å². The largest absolute Gasteiger partial charge is 0.394 e. The third kappa shape index (κ3) is 2.41. The first-order valence-electron chi connectivity index (χ1n) is 7.14. The van der Waals surface area contributed by atoms with Gasteiger partial charge in [-0.2, -0.15) is 5.10 Å². The lowest BCUT2D eigenvalue weighted by molar-refractivity contribution is 0.267. The van der Waals surface area contributed by atoms with Crippen LogP contribution in [-0.4, -0.2) is 36.0 Å². The first-order valence-corrected chi connectivity index (χ1v) is 8.62. The number of aliphatic hydroxyl groups is 1. The van der Waals surface area contributed by atoms with Crippen LogP contribution in [0.2, 0.25) is 0 Å². The summed E-state index contributed by atoms with van der Waals surface area (Å²) >= 11 is 0. The lowest BCUT2D eigenvalue weighted by Gasteiger charge is -2.09. The van der Waals surface area contributed by atoms with Crippen molar-refractivity contribution in [3.05, 3.63) is 11.4 Å². The Bertz CT molecular complexity index is 645. The highest BCUT2D eigenvalue weighted by atomic mass is 32.2. The third-order valence-electron chi connectivity index (χ3n) is 5.19. The van der Waals surface area contributed by atoms with E-state index in [4.69, 9.17) is 5.11 Å². The zero-order valence-electron chi connectivity index (χ0n) is 13.6. The molecule has 0 aliphatic heterocycles. The molecular weight excluding hydrogens is 290 g/mol. The number of nitrogens with zero attached hydrogens (tertiary/aromatic N) is 2. The molecule has 1 aromatic heterocycles. The molecule has 2 rings (SSSR count). The molecular formula is C14H25N3O3S. The van der Waals surface area contributed by atoms with Gasteiger partial charge in [0.2, 0.25) is 10.0 Å². The Hall–Kier alpha value is -0.920. The number of hydrogen-bond acceptors (Lipinski definition) is 4. The van der Waals surface area contributed by atoms with Crippen LogP contribution in [0.4, 0.5) is 0 Å². The van der Waals surface area contributed by atoms with Crippen LogP contribution in [0, 0.1) is 24.7 Å². The fourth-order valence-electron chi connectivity index (χ4n) is 3.09. The molecule has 1 aliphatic carbocycles. The van der Waals surface area contributed by atoms with E-state index < -0.39 is 10.0 Å². The third-order valence-corrected chi connectivity index (χ3v) is 6.86. The monoisotopic (exact) mass is 315 g/mol. The predicted octanol–water partition coefficient (Wildman–Crippen LogP) is 1.21. The van der Waals surface area contributed by atoms with E-state index in [-0.39, 0.29) is 28.4 Å². The van der Waals surface area contributed by atoms with Crippen molar-refractivity contribution < 1.29 is 13.5 Å². The SMILES string of the molecule is Cc1nn(CCO)c(C)c1S(=O)(=O)NC1C(C)(C)C1(C)C. The molecule has 0 saturated heterocycles. The molecule has 1 saturated carbocycles. The van der Waals surface area contributed by atoms with Gasteiger partial charge in [0.15, 0.2) is 0 Å². The van der Waals surface area contributed by atoms with E-state index in [1.807, 2.05) is 0 Å². The van der Waals surface area contributed by atoms with Gasteiger partial charge < -0.3 is 5.11 Å². The van der Waals surface area contributed by atoms with Gasteiger partial charge in [-0.3, -0.25) is 4.68 Å². The van der Waals surface area contributed by atoms with Gasteiger partial charge in [0.05, 0.1) is 24.5 Å². The lowest BCUT2D eigenvalue weighted by Crippen LogP contribution is -2.30. The number of aryl methyl sites for hydroxylation is 1. The van der Waals surface area contributed by atoms with Crippen LogP contribution < -0.4 is 4.72 Å². The van der Waals surface area contributed by atoms with Crippen LogP contribution in [0.25, 0.3) is 0 Å². The summed E-state index contributed by atoms with van der Waals surface area (Å²) in [6.07, 6.45) is 0. The zero-order valence-corrected chi connectivity index (χ0v) is 14.4. The molecule has 21 heavy (non-hydrogen) atoms. The van der Waals surface area contributed by atoms with Gasteiger partial charge >= 0.3 is 0 Å². The van der Waals surface area contributed by atoms with E-state index in [1.54, 1.807) is 13.8 Å². The summed E-state index contributed by atoms with van der Waals surface area (Å²) in [5.74, 6) is 0. The minimum absolute atomic E-state index is 0.0665. The highest BCUT2D eigenvalue weighted by molar-refractivity contribution is 7.89. The van der Waals surface area contributed by atoms with Gasteiger partial charge in [-0.15, -0.1) is 0 Å². The second kappa shape index (κ2) is 4.79. The Kier molecular flexibility index (Phi) is 3.75. The minimum Gasteiger partial charge on any atom is -0.394 e. The van der Waals surface area contributed by atoms with Crippen molar-refractivity contribution in [1.82, 2.24) is 14.5 Å². The molecule has 0 aromatic carbocycles. The van der Waals surface area contributed by atoms with Gasteiger partial charge in [0.1, 0.15) is 4.90 Å². The van der Waals surface area contributed by atoms with Crippen LogP contribution in [0.1, 0.15) is 39.1 Å². The molecule has 2 N–H and O–H groups in total. The normalized spacial score (nSPS) is 20.7. The maximum absolute atomic E-state index is 12.7. The van der Waals surface area contributed by atoms with Crippen LogP contribution >= 0.6 is 0 Å². The molecule has 6 nitrogen and oxygen atoms in total. The fourth-order valence-corrected chi connectivity index (χ4v) is 5.03.